The number of carbonyl (C=O) groups is 1. The summed E-state index contributed by atoms with van der Waals surface area (Å²) in [5.41, 5.74) is 8.00. The number of nitrogens with zero attached hydrogens (tertiary/aromatic N) is 3. The smallest absolute Gasteiger partial charge is 0.239 e. The second kappa shape index (κ2) is 7.23. The van der Waals surface area contributed by atoms with E-state index >= 15 is 0 Å². The van der Waals surface area contributed by atoms with E-state index in [1.807, 2.05) is 31.2 Å². The monoisotopic (exact) mass is 339 g/mol. The molecule has 1 amide bonds. The summed E-state index contributed by atoms with van der Waals surface area (Å²) >= 11 is 0. The molecule has 3 rings (SSSR count). The van der Waals surface area contributed by atoms with Crippen molar-refractivity contribution in [1.29, 1.82) is 0 Å². The van der Waals surface area contributed by atoms with E-state index in [9.17, 15) is 9.18 Å². The molecule has 3 N–H and O–H groups in total. The van der Waals surface area contributed by atoms with Crippen LogP contribution in [0.25, 0.3) is 5.69 Å². The van der Waals surface area contributed by atoms with Crippen molar-refractivity contribution in [1.82, 2.24) is 20.1 Å². The van der Waals surface area contributed by atoms with Crippen LogP contribution in [0.4, 0.5) is 4.39 Å². The van der Waals surface area contributed by atoms with Gasteiger partial charge in [0.25, 0.3) is 0 Å². The molecule has 0 radical (unpaired) electrons. The number of nitrogens with two attached hydrogens (primary N) is 1. The fourth-order valence-electron chi connectivity index (χ4n) is 2.60. The molecule has 2 atom stereocenters. The van der Waals surface area contributed by atoms with Gasteiger partial charge in [0.1, 0.15) is 24.5 Å². The second-order valence-corrected chi connectivity index (χ2v) is 5.71. The third kappa shape index (κ3) is 3.89. The number of aromatic nitrogens is 3. The van der Waals surface area contributed by atoms with Crippen molar-refractivity contribution in [3.63, 3.8) is 0 Å². The van der Waals surface area contributed by atoms with Gasteiger partial charge < -0.3 is 5.73 Å². The van der Waals surface area contributed by atoms with Crippen LogP contribution >= 0.6 is 0 Å². The first-order valence-corrected chi connectivity index (χ1v) is 7.80. The molecule has 7 heteroatoms. The van der Waals surface area contributed by atoms with Gasteiger partial charge in [0.15, 0.2) is 0 Å². The Morgan fingerprint density at radius 1 is 1.12 bits per heavy atom. The summed E-state index contributed by atoms with van der Waals surface area (Å²) in [5.74, 6) is -0.874. The standard InChI is InChI=1S/C18H18FN5O/c1-12(13-4-8-16(9-5-13)24-11-21-10-22-24)23-17(18(20)25)14-2-6-15(19)7-3-14/h2-12,17,23H,1H3,(H2,20,25)/t12-,17+/m1/s1. The maximum atomic E-state index is 13.1. The van der Waals surface area contributed by atoms with Crippen molar-refractivity contribution in [2.24, 2.45) is 5.73 Å². The van der Waals surface area contributed by atoms with Gasteiger partial charge in [-0.3, -0.25) is 10.1 Å². The highest BCUT2D eigenvalue weighted by Gasteiger charge is 2.20. The van der Waals surface area contributed by atoms with Crippen LogP contribution < -0.4 is 11.1 Å². The molecule has 128 valence electrons. The third-order valence-electron chi connectivity index (χ3n) is 3.98. The Kier molecular flexibility index (Phi) is 4.85. The highest BCUT2D eigenvalue weighted by atomic mass is 19.1. The first-order valence-electron chi connectivity index (χ1n) is 7.80. The molecule has 0 aliphatic carbocycles. The van der Waals surface area contributed by atoms with E-state index in [2.05, 4.69) is 15.4 Å². The number of nitrogens with one attached hydrogen (secondary N) is 1. The molecule has 6 nitrogen and oxygen atoms in total. The van der Waals surface area contributed by atoms with Gasteiger partial charge in [-0.05, 0) is 42.3 Å². The van der Waals surface area contributed by atoms with Crippen LogP contribution in [-0.4, -0.2) is 20.7 Å². The van der Waals surface area contributed by atoms with Gasteiger partial charge in [-0.25, -0.2) is 14.1 Å². The lowest BCUT2D eigenvalue weighted by Gasteiger charge is -2.22. The number of hydrogen-bond acceptors (Lipinski definition) is 4. The molecule has 1 aromatic heterocycles. The number of hydrogen-bond donors (Lipinski definition) is 2. The zero-order valence-electron chi connectivity index (χ0n) is 13.6. The summed E-state index contributed by atoms with van der Waals surface area (Å²) in [5, 5.41) is 7.27. The van der Waals surface area contributed by atoms with Crippen molar-refractivity contribution in [2.75, 3.05) is 0 Å². The minimum Gasteiger partial charge on any atom is -0.368 e. The summed E-state index contributed by atoms with van der Waals surface area (Å²) in [6.45, 7) is 1.93. The second-order valence-electron chi connectivity index (χ2n) is 5.71. The Balaban J connectivity index is 1.76. The molecule has 0 aliphatic heterocycles. The number of carbonyl (C=O) groups excluding carboxylic acids is 1. The molecule has 0 spiro atoms. The normalized spacial score (nSPS) is 13.4. The lowest BCUT2D eigenvalue weighted by molar-refractivity contribution is -0.120. The van der Waals surface area contributed by atoms with Crippen LogP contribution in [0.5, 0.6) is 0 Å². The van der Waals surface area contributed by atoms with Crippen LogP contribution in [0.15, 0.2) is 61.2 Å². The zero-order valence-corrected chi connectivity index (χ0v) is 13.6. The summed E-state index contributed by atoms with van der Waals surface area (Å²) in [7, 11) is 0. The topological polar surface area (TPSA) is 85.8 Å². The van der Waals surface area contributed by atoms with Crippen molar-refractivity contribution in [2.45, 2.75) is 19.0 Å². The molecule has 25 heavy (non-hydrogen) atoms. The molecule has 0 bridgehead atoms. The van der Waals surface area contributed by atoms with E-state index in [1.165, 1.54) is 18.5 Å². The number of rotatable bonds is 6. The van der Waals surface area contributed by atoms with Crippen LogP contribution in [0.2, 0.25) is 0 Å². The van der Waals surface area contributed by atoms with Crippen LogP contribution in [0, 0.1) is 5.82 Å². The van der Waals surface area contributed by atoms with E-state index in [1.54, 1.807) is 23.1 Å². The predicted octanol–water partition coefficient (Wildman–Crippen LogP) is 2.28. The minimum absolute atomic E-state index is 0.132. The molecule has 0 saturated carbocycles. The van der Waals surface area contributed by atoms with Crippen molar-refractivity contribution >= 4 is 5.91 Å². The average Bonchev–Trinajstić information content (AvgIpc) is 3.15. The van der Waals surface area contributed by atoms with Crippen molar-refractivity contribution in [3.05, 3.63) is 78.1 Å². The van der Waals surface area contributed by atoms with E-state index in [0.29, 0.717) is 5.56 Å². The third-order valence-corrected chi connectivity index (χ3v) is 3.98. The van der Waals surface area contributed by atoms with Crippen LogP contribution in [0.1, 0.15) is 30.1 Å². The number of amides is 1. The molecule has 3 aromatic rings. The Bertz CT molecular complexity index is 831. The van der Waals surface area contributed by atoms with Gasteiger partial charge in [0.2, 0.25) is 5.91 Å². The Labute approximate surface area is 144 Å². The number of halogens is 1. The van der Waals surface area contributed by atoms with Gasteiger partial charge >= 0.3 is 0 Å². The molecule has 0 saturated heterocycles. The zero-order chi connectivity index (χ0) is 17.8. The van der Waals surface area contributed by atoms with Crippen molar-refractivity contribution < 1.29 is 9.18 Å². The quantitative estimate of drug-likeness (QED) is 0.721. The minimum atomic E-state index is -0.703. The molecule has 0 fully saturated rings. The van der Waals surface area contributed by atoms with Crippen LogP contribution in [-0.2, 0) is 4.79 Å². The summed E-state index contributed by atoms with van der Waals surface area (Å²) < 4.78 is 14.7. The van der Waals surface area contributed by atoms with Crippen molar-refractivity contribution in [3.8, 4) is 5.69 Å². The summed E-state index contributed by atoms with van der Waals surface area (Å²) in [6, 6.07) is 12.6. The Morgan fingerprint density at radius 3 is 2.32 bits per heavy atom. The Morgan fingerprint density at radius 2 is 1.76 bits per heavy atom. The highest BCUT2D eigenvalue weighted by molar-refractivity contribution is 5.81. The maximum Gasteiger partial charge on any atom is 0.239 e. The fourth-order valence-corrected chi connectivity index (χ4v) is 2.60. The lowest BCUT2D eigenvalue weighted by Crippen LogP contribution is -2.35. The summed E-state index contributed by atoms with van der Waals surface area (Å²) in [4.78, 5) is 15.7. The average molecular weight is 339 g/mol. The Hall–Kier alpha value is -3.06. The SMILES string of the molecule is C[C@@H](N[C@H](C(N)=O)c1ccc(F)cc1)c1ccc(-n2cncn2)cc1. The largest absolute Gasteiger partial charge is 0.368 e. The van der Waals surface area contributed by atoms with Gasteiger partial charge in [-0.15, -0.1) is 0 Å². The van der Waals surface area contributed by atoms with Gasteiger partial charge in [-0.1, -0.05) is 24.3 Å². The van der Waals surface area contributed by atoms with Crippen LogP contribution in [0.3, 0.4) is 0 Å². The lowest BCUT2D eigenvalue weighted by atomic mass is 10.0. The molecule has 2 aromatic carbocycles. The van der Waals surface area contributed by atoms with E-state index < -0.39 is 11.9 Å². The molecule has 0 aliphatic rings. The van der Waals surface area contributed by atoms with Gasteiger partial charge in [-0.2, -0.15) is 5.10 Å². The number of benzene rings is 2. The van der Waals surface area contributed by atoms with E-state index in [-0.39, 0.29) is 11.9 Å². The van der Waals surface area contributed by atoms with E-state index in [0.717, 1.165) is 11.3 Å². The summed E-state index contributed by atoms with van der Waals surface area (Å²) in [6.07, 6.45) is 3.09. The number of primary amides is 1. The molecular weight excluding hydrogens is 321 g/mol. The first kappa shape index (κ1) is 16.8. The predicted molar refractivity (Wildman–Crippen MR) is 91.2 cm³/mol. The molecule has 0 unspecified atom stereocenters. The first-order chi connectivity index (χ1) is 12.0. The van der Waals surface area contributed by atoms with E-state index in [4.69, 9.17) is 5.73 Å². The molecular formula is C18H18FN5O. The van der Waals surface area contributed by atoms with Gasteiger partial charge in [0.05, 0.1) is 5.69 Å². The van der Waals surface area contributed by atoms with Gasteiger partial charge in [0, 0.05) is 6.04 Å². The molecule has 1 heterocycles. The fraction of sp³-hybridized carbons (Fsp3) is 0.167. The highest BCUT2D eigenvalue weighted by Crippen LogP contribution is 2.21. The maximum absolute atomic E-state index is 13.1.